The number of imidazole rings is 1. The van der Waals surface area contributed by atoms with Crippen LogP contribution in [0.3, 0.4) is 0 Å². The van der Waals surface area contributed by atoms with Crippen molar-refractivity contribution in [2.75, 3.05) is 25.0 Å². The Bertz CT molecular complexity index is 819. The second-order valence-corrected chi connectivity index (χ2v) is 6.46. The Morgan fingerprint density at radius 3 is 2.69 bits per heavy atom. The zero-order chi connectivity index (χ0) is 20.4. The van der Waals surface area contributed by atoms with Crippen molar-refractivity contribution >= 4 is 29.5 Å². The van der Waals surface area contributed by atoms with Gasteiger partial charge in [-0.3, -0.25) is 9.78 Å². The molecule has 0 spiro atoms. The molecule has 6 nitrogen and oxygen atoms in total. The molecule has 1 amide bonds. The SMILES string of the molecule is O=[C-]/C=C/CN1CCC1.[CH2-]Cn1c(C(=O)Nc2ccccc2Cl)cnc1[CH-]C.[Li+]. The molecule has 0 aliphatic carbocycles. The van der Waals surface area contributed by atoms with E-state index in [1.165, 1.54) is 31.8 Å². The molecule has 8 heteroatoms. The van der Waals surface area contributed by atoms with Crippen molar-refractivity contribution in [3.8, 4) is 0 Å². The van der Waals surface area contributed by atoms with E-state index in [-0.39, 0.29) is 24.8 Å². The van der Waals surface area contributed by atoms with Crippen LogP contribution in [0.15, 0.2) is 42.6 Å². The van der Waals surface area contributed by atoms with Crippen molar-refractivity contribution < 1.29 is 28.4 Å². The summed E-state index contributed by atoms with van der Waals surface area (Å²) in [5.74, 6) is 0.469. The van der Waals surface area contributed by atoms with Gasteiger partial charge in [-0.2, -0.15) is 13.0 Å². The van der Waals surface area contributed by atoms with Gasteiger partial charge in [-0.25, -0.2) is 6.08 Å². The number of carbonyl (C=O) groups is 1. The smallest absolute Gasteiger partial charge is 0.419 e. The van der Waals surface area contributed by atoms with Crippen LogP contribution in [0, 0.1) is 13.3 Å². The van der Waals surface area contributed by atoms with E-state index < -0.39 is 0 Å². The summed E-state index contributed by atoms with van der Waals surface area (Å²) in [7, 11) is 0. The molecule has 1 aromatic heterocycles. The maximum absolute atomic E-state index is 12.2. The van der Waals surface area contributed by atoms with Crippen LogP contribution in [0.1, 0.15) is 29.7 Å². The zero-order valence-corrected chi connectivity index (χ0v) is 17.7. The van der Waals surface area contributed by atoms with Crippen LogP contribution in [0.25, 0.3) is 0 Å². The third-order valence-corrected chi connectivity index (χ3v) is 4.55. The molecule has 1 aliphatic heterocycles. The molecular weight excluding hydrogens is 383 g/mol. The van der Waals surface area contributed by atoms with E-state index in [1.54, 1.807) is 23.0 Å². The van der Waals surface area contributed by atoms with Gasteiger partial charge in [0.05, 0.1) is 16.9 Å². The van der Waals surface area contributed by atoms with E-state index in [0.717, 1.165) is 12.4 Å². The van der Waals surface area contributed by atoms with Crippen molar-refractivity contribution in [1.82, 2.24) is 14.5 Å². The number of allylic oxidation sites excluding steroid dienone is 1. The monoisotopic (exact) mass is 406 g/mol. The van der Waals surface area contributed by atoms with Crippen LogP contribution < -0.4 is 24.2 Å². The standard InChI is InChI=1S/C14H14ClN3O.C7H10NO.Li/c1-3-13-16-9-12(18(13)4-2)14(19)17-11-8-6-5-7-10(11)15;9-7-2-1-4-8-5-3-6-8;/h3,5-9H,2,4H2,1H3,(H,17,19);1-2H,3-6H2;/q-2;-1;+1/b;2-1+;. The third kappa shape index (κ3) is 7.41. The van der Waals surface area contributed by atoms with Crippen LogP contribution in [0.4, 0.5) is 5.69 Å². The molecule has 1 fully saturated rings. The van der Waals surface area contributed by atoms with E-state index in [2.05, 4.69) is 22.1 Å². The molecule has 2 heterocycles. The molecule has 0 radical (unpaired) electrons. The van der Waals surface area contributed by atoms with Crippen LogP contribution in [-0.4, -0.2) is 46.3 Å². The van der Waals surface area contributed by atoms with Gasteiger partial charge in [-0.1, -0.05) is 23.7 Å². The van der Waals surface area contributed by atoms with Crippen molar-refractivity contribution in [1.29, 1.82) is 0 Å². The minimum Gasteiger partial charge on any atom is -0.419 e. The topological polar surface area (TPSA) is 67.2 Å². The number of hydrogen-bond acceptors (Lipinski definition) is 4. The van der Waals surface area contributed by atoms with Gasteiger partial charge in [0.25, 0.3) is 5.91 Å². The molecule has 29 heavy (non-hydrogen) atoms. The van der Waals surface area contributed by atoms with Gasteiger partial charge < -0.3 is 32.9 Å². The number of para-hydroxylation sites is 1. The second kappa shape index (κ2) is 13.3. The summed E-state index contributed by atoms with van der Waals surface area (Å²) >= 11 is 6.01. The summed E-state index contributed by atoms with van der Waals surface area (Å²) < 4.78 is 1.74. The molecule has 1 saturated heterocycles. The number of carbonyl (C=O) groups excluding carboxylic acids is 2. The largest absolute Gasteiger partial charge is 1.00 e. The average molecular weight is 407 g/mol. The minimum atomic E-state index is -0.252. The molecule has 0 unspecified atom stereocenters. The molecule has 2 aromatic rings. The van der Waals surface area contributed by atoms with Gasteiger partial charge >= 0.3 is 18.9 Å². The maximum Gasteiger partial charge on any atom is 1.00 e. The van der Waals surface area contributed by atoms with Crippen LogP contribution in [0.2, 0.25) is 5.02 Å². The molecule has 0 atom stereocenters. The Labute approximate surface area is 189 Å². The first-order chi connectivity index (χ1) is 13.6. The molecule has 0 bridgehead atoms. The first-order valence-corrected chi connectivity index (χ1v) is 9.43. The Balaban J connectivity index is 0.000000355. The van der Waals surface area contributed by atoms with Crippen molar-refractivity contribution in [3.05, 3.63) is 72.5 Å². The fraction of sp³-hybridized carbons (Fsp3) is 0.286. The number of halogens is 1. The molecule has 1 aromatic carbocycles. The first kappa shape index (κ1) is 25.1. The molecule has 1 N–H and O–H groups in total. The molecule has 0 saturated carbocycles. The fourth-order valence-electron chi connectivity index (χ4n) is 2.60. The summed E-state index contributed by atoms with van der Waals surface area (Å²) in [6, 6.07) is 7.09. The van der Waals surface area contributed by atoms with Crippen LogP contribution in [-0.2, 0) is 11.3 Å². The van der Waals surface area contributed by atoms with Gasteiger partial charge in [0.15, 0.2) is 0 Å². The predicted molar refractivity (Wildman–Crippen MR) is 112 cm³/mol. The van der Waals surface area contributed by atoms with Crippen molar-refractivity contribution in [3.63, 3.8) is 0 Å². The van der Waals surface area contributed by atoms with Gasteiger partial charge in [-0.15, -0.1) is 6.54 Å². The van der Waals surface area contributed by atoms with Crippen LogP contribution >= 0.6 is 11.6 Å². The van der Waals surface area contributed by atoms with Crippen LogP contribution in [0.5, 0.6) is 0 Å². The summed E-state index contributed by atoms with van der Waals surface area (Å²) in [5.41, 5.74) is 1.04. The Hall–Kier alpha value is -1.97. The normalized spacial score (nSPS) is 12.9. The number of hydrogen-bond donors (Lipinski definition) is 1. The van der Waals surface area contributed by atoms with E-state index in [1.807, 2.05) is 31.6 Å². The molecule has 150 valence electrons. The Morgan fingerprint density at radius 1 is 1.41 bits per heavy atom. The minimum absolute atomic E-state index is 0. The third-order valence-electron chi connectivity index (χ3n) is 4.22. The van der Waals surface area contributed by atoms with Crippen molar-refractivity contribution in [2.24, 2.45) is 0 Å². The van der Waals surface area contributed by atoms with Gasteiger partial charge in [0, 0.05) is 0 Å². The number of likely N-dealkylation sites (tertiary alicyclic amines) is 1. The second-order valence-electron chi connectivity index (χ2n) is 6.05. The number of nitrogens with zero attached hydrogens (tertiary/aromatic N) is 3. The predicted octanol–water partition coefficient (Wildman–Crippen LogP) is 0.557. The van der Waals surface area contributed by atoms with E-state index in [4.69, 9.17) is 11.6 Å². The van der Waals surface area contributed by atoms with E-state index in [9.17, 15) is 9.59 Å². The summed E-state index contributed by atoms with van der Waals surface area (Å²) in [5, 5.41) is 3.26. The van der Waals surface area contributed by atoms with E-state index >= 15 is 0 Å². The van der Waals surface area contributed by atoms with E-state index in [0.29, 0.717) is 22.9 Å². The number of aromatic nitrogens is 2. The van der Waals surface area contributed by atoms with Gasteiger partial charge in [0.2, 0.25) is 0 Å². The van der Waals surface area contributed by atoms with Gasteiger partial charge in [0.1, 0.15) is 5.69 Å². The molecule has 1 aliphatic rings. The number of rotatable bonds is 7. The first-order valence-electron chi connectivity index (χ1n) is 9.05. The maximum atomic E-state index is 12.2. The fourth-order valence-corrected chi connectivity index (χ4v) is 2.78. The number of amides is 1. The number of benzene rings is 1. The number of anilines is 1. The average Bonchev–Trinajstić information content (AvgIpc) is 3.09. The number of nitrogens with one attached hydrogen (secondary N) is 1. The van der Waals surface area contributed by atoms with Gasteiger partial charge in [-0.05, 0) is 50.3 Å². The molecule has 3 rings (SSSR count). The summed E-state index contributed by atoms with van der Waals surface area (Å²) in [6.07, 6.45) is 9.65. The Morgan fingerprint density at radius 2 is 2.14 bits per heavy atom. The summed E-state index contributed by atoms with van der Waals surface area (Å²) in [4.78, 5) is 28.3. The van der Waals surface area contributed by atoms with Crippen molar-refractivity contribution in [2.45, 2.75) is 19.9 Å². The molecular formula is C21H24ClLiN4O2-2. The summed E-state index contributed by atoms with van der Waals surface area (Å²) in [6.45, 7) is 9.38. The zero-order valence-electron chi connectivity index (χ0n) is 16.9. The quantitative estimate of drug-likeness (QED) is 0.414. The Kier molecular flexibility index (Phi) is 11.5.